The Bertz CT molecular complexity index is 1100. The number of alkyl halides is 3. The standard InChI is InChI=1S/C16H14ClF3N2O4S2/c17-15-8-7-13(9-14(15)16(18,19)20)28(25,26)22-11-3-5-12(6-4-11)27(23,24)21-10-1-2-10/h3-10,21-22H,1-2H2. The summed E-state index contributed by atoms with van der Waals surface area (Å²) in [7, 11) is -8.05. The lowest BCUT2D eigenvalue weighted by molar-refractivity contribution is -0.137. The van der Waals surface area contributed by atoms with Crippen LogP contribution in [0.4, 0.5) is 18.9 Å². The fraction of sp³-hybridized carbons (Fsp3) is 0.250. The highest BCUT2D eigenvalue weighted by molar-refractivity contribution is 7.92. The molecule has 0 spiro atoms. The van der Waals surface area contributed by atoms with Gasteiger partial charge in [0.2, 0.25) is 10.0 Å². The zero-order valence-corrected chi connectivity index (χ0v) is 16.4. The van der Waals surface area contributed by atoms with Gasteiger partial charge < -0.3 is 0 Å². The molecule has 28 heavy (non-hydrogen) atoms. The van der Waals surface area contributed by atoms with E-state index >= 15 is 0 Å². The van der Waals surface area contributed by atoms with Gasteiger partial charge in [-0.15, -0.1) is 0 Å². The van der Waals surface area contributed by atoms with Crippen molar-refractivity contribution in [2.45, 2.75) is 34.9 Å². The summed E-state index contributed by atoms with van der Waals surface area (Å²) in [4.78, 5) is -0.676. The molecular weight excluding hydrogens is 441 g/mol. The van der Waals surface area contributed by atoms with Crippen LogP contribution in [-0.2, 0) is 26.2 Å². The smallest absolute Gasteiger partial charge is 0.280 e. The summed E-state index contributed by atoms with van der Waals surface area (Å²) in [5, 5.41) is -0.621. The van der Waals surface area contributed by atoms with E-state index in [2.05, 4.69) is 9.44 Å². The molecule has 0 radical (unpaired) electrons. The maximum atomic E-state index is 12.9. The SMILES string of the molecule is O=S(=O)(Nc1ccc(S(=O)(=O)NC2CC2)cc1)c1ccc(Cl)c(C(F)(F)F)c1. The first-order chi connectivity index (χ1) is 12.9. The van der Waals surface area contributed by atoms with Gasteiger partial charge in [0.15, 0.2) is 0 Å². The molecule has 1 aliphatic rings. The van der Waals surface area contributed by atoms with Crippen LogP contribution in [0.25, 0.3) is 0 Å². The van der Waals surface area contributed by atoms with Gasteiger partial charge in [0, 0.05) is 11.7 Å². The summed E-state index contributed by atoms with van der Waals surface area (Å²) in [6, 6.07) is 6.95. The van der Waals surface area contributed by atoms with E-state index in [-0.39, 0.29) is 16.6 Å². The number of hydrogen-bond donors (Lipinski definition) is 2. The van der Waals surface area contributed by atoms with Gasteiger partial charge in [-0.25, -0.2) is 21.6 Å². The Balaban J connectivity index is 1.83. The fourth-order valence-corrected chi connectivity index (χ4v) is 4.91. The van der Waals surface area contributed by atoms with Crippen LogP contribution < -0.4 is 9.44 Å². The molecule has 0 unspecified atom stereocenters. The van der Waals surface area contributed by atoms with E-state index in [1.807, 2.05) is 0 Å². The second kappa shape index (κ2) is 7.21. The fourth-order valence-electron chi connectivity index (χ4n) is 2.29. The Kier molecular flexibility index (Phi) is 5.38. The van der Waals surface area contributed by atoms with Crippen molar-refractivity contribution < 1.29 is 30.0 Å². The van der Waals surface area contributed by atoms with Gasteiger partial charge in [-0.2, -0.15) is 13.2 Å². The average Bonchev–Trinajstić information content (AvgIpc) is 3.37. The molecular formula is C16H14ClF3N2O4S2. The predicted octanol–water partition coefficient (Wildman–Crippen LogP) is 3.60. The van der Waals surface area contributed by atoms with Crippen molar-refractivity contribution >= 4 is 37.3 Å². The molecule has 0 aromatic heterocycles. The molecule has 0 atom stereocenters. The molecule has 1 aliphatic carbocycles. The third kappa shape index (κ3) is 4.77. The minimum Gasteiger partial charge on any atom is -0.280 e. The molecule has 0 heterocycles. The van der Waals surface area contributed by atoms with Crippen molar-refractivity contribution in [2.24, 2.45) is 0 Å². The van der Waals surface area contributed by atoms with E-state index in [1.54, 1.807) is 0 Å². The van der Waals surface area contributed by atoms with Gasteiger partial charge in [-0.05, 0) is 55.3 Å². The minimum absolute atomic E-state index is 0.00567. The van der Waals surface area contributed by atoms with Crippen molar-refractivity contribution in [3.8, 4) is 0 Å². The Morgan fingerprint density at radius 2 is 1.46 bits per heavy atom. The summed E-state index contributed by atoms with van der Waals surface area (Å²) in [5.74, 6) is 0. The lowest BCUT2D eigenvalue weighted by Gasteiger charge is -2.13. The molecule has 152 valence electrons. The van der Waals surface area contributed by atoms with E-state index in [0.29, 0.717) is 6.07 Å². The van der Waals surface area contributed by atoms with Crippen LogP contribution in [0.15, 0.2) is 52.3 Å². The summed E-state index contributed by atoms with van der Waals surface area (Å²) in [5.41, 5.74) is -1.28. The van der Waals surface area contributed by atoms with Gasteiger partial charge in [-0.1, -0.05) is 11.6 Å². The van der Waals surface area contributed by atoms with Crippen LogP contribution >= 0.6 is 11.6 Å². The summed E-state index contributed by atoms with van der Waals surface area (Å²) in [6.45, 7) is 0. The second-order valence-corrected chi connectivity index (χ2v) is 9.97. The molecule has 3 rings (SSSR count). The van der Waals surface area contributed by atoms with Crippen LogP contribution in [0.3, 0.4) is 0 Å². The molecule has 2 aromatic carbocycles. The second-order valence-electron chi connectivity index (χ2n) is 6.16. The number of sulfonamides is 2. The van der Waals surface area contributed by atoms with Crippen LogP contribution in [-0.4, -0.2) is 22.9 Å². The molecule has 12 heteroatoms. The van der Waals surface area contributed by atoms with Crippen molar-refractivity contribution in [3.63, 3.8) is 0 Å². The Labute approximate surface area is 164 Å². The van der Waals surface area contributed by atoms with E-state index in [1.165, 1.54) is 24.3 Å². The van der Waals surface area contributed by atoms with Crippen molar-refractivity contribution in [3.05, 3.63) is 53.1 Å². The molecule has 1 saturated carbocycles. The van der Waals surface area contributed by atoms with Crippen LogP contribution in [0, 0.1) is 0 Å². The first-order valence-electron chi connectivity index (χ1n) is 7.90. The van der Waals surface area contributed by atoms with Gasteiger partial charge in [0.1, 0.15) is 0 Å². The number of halogens is 4. The molecule has 1 fully saturated rings. The highest BCUT2D eigenvalue weighted by Gasteiger charge is 2.34. The maximum Gasteiger partial charge on any atom is 0.417 e. The normalized spacial score (nSPS) is 15.4. The van der Waals surface area contributed by atoms with Gasteiger partial charge in [0.25, 0.3) is 10.0 Å². The first kappa shape index (κ1) is 20.9. The van der Waals surface area contributed by atoms with Crippen LogP contribution in [0.2, 0.25) is 5.02 Å². The van der Waals surface area contributed by atoms with Gasteiger partial charge in [-0.3, -0.25) is 4.72 Å². The highest BCUT2D eigenvalue weighted by atomic mass is 35.5. The van der Waals surface area contributed by atoms with E-state index in [4.69, 9.17) is 11.6 Å². The van der Waals surface area contributed by atoms with Crippen molar-refractivity contribution in [1.82, 2.24) is 4.72 Å². The molecule has 0 amide bonds. The number of benzene rings is 2. The quantitative estimate of drug-likeness (QED) is 0.697. The highest BCUT2D eigenvalue weighted by Crippen LogP contribution is 2.36. The topological polar surface area (TPSA) is 92.3 Å². The zero-order valence-electron chi connectivity index (χ0n) is 14.0. The third-order valence-electron chi connectivity index (χ3n) is 3.87. The van der Waals surface area contributed by atoms with Gasteiger partial charge in [0.05, 0.1) is 20.4 Å². The molecule has 0 bridgehead atoms. The summed E-state index contributed by atoms with van der Waals surface area (Å²) >= 11 is 5.49. The lowest BCUT2D eigenvalue weighted by Crippen LogP contribution is -2.25. The molecule has 2 aromatic rings. The third-order valence-corrected chi connectivity index (χ3v) is 7.11. The Hall–Kier alpha value is -1.82. The molecule has 6 nitrogen and oxygen atoms in total. The van der Waals surface area contributed by atoms with E-state index in [0.717, 1.165) is 25.0 Å². The zero-order chi connectivity index (χ0) is 20.7. The monoisotopic (exact) mass is 454 g/mol. The number of nitrogens with one attached hydrogen (secondary N) is 2. The van der Waals surface area contributed by atoms with Crippen LogP contribution in [0.1, 0.15) is 18.4 Å². The summed E-state index contributed by atoms with van der Waals surface area (Å²) < 4.78 is 92.3. The first-order valence-corrected chi connectivity index (χ1v) is 11.2. The summed E-state index contributed by atoms with van der Waals surface area (Å²) in [6.07, 6.45) is -3.29. The van der Waals surface area contributed by atoms with Crippen molar-refractivity contribution in [2.75, 3.05) is 4.72 Å². The van der Waals surface area contributed by atoms with Crippen LogP contribution in [0.5, 0.6) is 0 Å². The molecule has 2 N–H and O–H groups in total. The number of rotatable bonds is 6. The van der Waals surface area contributed by atoms with Crippen molar-refractivity contribution in [1.29, 1.82) is 0 Å². The number of anilines is 1. The lowest BCUT2D eigenvalue weighted by atomic mass is 10.2. The van der Waals surface area contributed by atoms with E-state index < -0.39 is 41.7 Å². The Morgan fingerprint density at radius 3 is 2.00 bits per heavy atom. The van der Waals surface area contributed by atoms with Gasteiger partial charge >= 0.3 is 6.18 Å². The Morgan fingerprint density at radius 1 is 0.893 bits per heavy atom. The molecule has 0 aliphatic heterocycles. The average molecular weight is 455 g/mol. The molecule has 0 saturated heterocycles. The van der Waals surface area contributed by atoms with E-state index in [9.17, 15) is 30.0 Å². The predicted molar refractivity (Wildman–Crippen MR) is 97.0 cm³/mol. The number of hydrogen-bond acceptors (Lipinski definition) is 4. The largest absolute Gasteiger partial charge is 0.417 e. The maximum absolute atomic E-state index is 12.9. The minimum atomic E-state index is -4.81.